The van der Waals surface area contributed by atoms with E-state index >= 15 is 0 Å². The Hall–Kier alpha value is -1.43. The molecule has 1 heterocycles. The highest BCUT2D eigenvalue weighted by Crippen LogP contribution is 2.47. The fraction of sp³-hybridized carbons (Fsp3) is 0.632. The smallest absolute Gasteiger partial charge is 0.234 e. The van der Waals surface area contributed by atoms with E-state index in [-0.39, 0.29) is 17.4 Å². The highest BCUT2D eigenvalue weighted by atomic mass is 16.3. The molecule has 1 aromatic carbocycles. The van der Waals surface area contributed by atoms with Gasteiger partial charge in [-0.05, 0) is 25.3 Å². The Kier molecular flexibility index (Phi) is 5.54. The molecular formula is C19H29N3O2. The molecule has 1 atom stereocenters. The van der Waals surface area contributed by atoms with E-state index in [2.05, 4.69) is 39.4 Å². The predicted molar refractivity (Wildman–Crippen MR) is 94.9 cm³/mol. The van der Waals surface area contributed by atoms with E-state index in [4.69, 9.17) is 0 Å². The minimum absolute atomic E-state index is 0.126. The van der Waals surface area contributed by atoms with Crippen molar-refractivity contribution in [1.82, 2.24) is 15.1 Å². The third kappa shape index (κ3) is 4.56. The minimum Gasteiger partial charge on any atom is -0.392 e. The van der Waals surface area contributed by atoms with E-state index in [0.717, 1.165) is 52.1 Å². The highest BCUT2D eigenvalue weighted by molar-refractivity contribution is 5.78. The lowest BCUT2D eigenvalue weighted by Gasteiger charge is -2.34. The first-order valence-corrected chi connectivity index (χ1v) is 9.02. The molecule has 1 aliphatic carbocycles. The van der Waals surface area contributed by atoms with Crippen molar-refractivity contribution in [3.63, 3.8) is 0 Å². The fourth-order valence-corrected chi connectivity index (χ4v) is 3.54. The summed E-state index contributed by atoms with van der Waals surface area (Å²) in [7, 11) is 0. The summed E-state index contributed by atoms with van der Waals surface area (Å²) in [6.45, 7) is 7.40. The number of aliphatic hydroxyl groups excluding tert-OH is 1. The molecule has 0 radical (unpaired) electrons. The maximum absolute atomic E-state index is 12.3. The molecule has 2 fully saturated rings. The molecule has 1 amide bonds. The molecule has 1 aliphatic heterocycles. The summed E-state index contributed by atoms with van der Waals surface area (Å²) >= 11 is 0. The van der Waals surface area contributed by atoms with Gasteiger partial charge in [0.2, 0.25) is 5.91 Å². The number of piperazine rings is 1. The van der Waals surface area contributed by atoms with E-state index in [0.29, 0.717) is 6.54 Å². The van der Waals surface area contributed by atoms with Gasteiger partial charge in [-0.15, -0.1) is 0 Å². The molecule has 1 saturated carbocycles. The third-order valence-corrected chi connectivity index (χ3v) is 5.22. The molecule has 132 valence electrons. The number of carbonyl (C=O) groups is 1. The number of hydrogen-bond donors (Lipinski definition) is 2. The Morgan fingerprint density at radius 2 is 1.79 bits per heavy atom. The van der Waals surface area contributed by atoms with E-state index in [1.165, 1.54) is 5.56 Å². The van der Waals surface area contributed by atoms with Crippen molar-refractivity contribution in [3.05, 3.63) is 35.9 Å². The standard InChI is InChI=1S/C19H29N3O2/c1-16(23)13-21-9-11-22(12-10-21)14-18(24)20-15-19(7-8-19)17-5-3-2-4-6-17/h2-6,16,23H,7-15H2,1H3,(H,20,24). The molecule has 5 nitrogen and oxygen atoms in total. The summed E-state index contributed by atoms with van der Waals surface area (Å²) in [4.78, 5) is 16.7. The number of hydrogen-bond acceptors (Lipinski definition) is 4. The van der Waals surface area contributed by atoms with Crippen LogP contribution in [-0.4, -0.2) is 72.7 Å². The van der Waals surface area contributed by atoms with Crippen LogP contribution in [0.5, 0.6) is 0 Å². The number of β-amino-alcohol motifs (C(OH)–C–C–N with tert-alkyl or cyclic N) is 1. The predicted octanol–water partition coefficient (Wildman–Crippen LogP) is 0.833. The van der Waals surface area contributed by atoms with Crippen LogP contribution in [-0.2, 0) is 10.2 Å². The summed E-state index contributed by atoms with van der Waals surface area (Å²) in [5.41, 5.74) is 1.52. The van der Waals surface area contributed by atoms with Crippen LogP contribution in [0.2, 0.25) is 0 Å². The minimum atomic E-state index is -0.285. The van der Waals surface area contributed by atoms with Gasteiger partial charge in [0, 0.05) is 44.7 Å². The zero-order chi connectivity index (χ0) is 17.0. The molecule has 1 unspecified atom stereocenters. The van der Waals surface area contributed by atoms with Crippen molar-refractivity contribution >= 4 is 5.91 Å². The second-order valence-electron chi connectivity index (χ2n) is 7.35. The molecule has 2 aliphatic rings. The average molecular weight is 331 g/mol. The van der Waals surface area contributed by atoms with E-state index in [9.17, 15) is 9.90 Å². The van der Waals surface area contributed by atoms with Gasteiger partial charge < -0.3 is 10.4 Å². The van der Waals surface area contributed by atoms with Crippen molar-refractivity contribution in [2.45, 2.75) is 31.3 Å². The van der Waals surface area contributed by atoms with Crippen LogP contribution >= 0.6 is 0 Å². The van der Waals surface area contributed by atoms with Gasteiger partial charge >= 0.3 is 0 Å². The van der Waals surface area contributed by atoms with Gasteiger partial charge in [-0.2, -0.15) is 0 Å². The molecule has 3 rings (SSSR count). The van der Waals surface area contributed by atoms with Crippen LogP contribution < -0.4 is 5.32 Å². The number of amides is 1. The number of carbonyl (C=O) groups excluding carboxylic acids is 1. The maximum Gasteiger partial charge on any atom is 0.234 e. The Bertz CT molecular complexity index is 535. The molecule has 0 aromatic heterocycles. The van der Waals surface area contributed by atoms with Crippen LogP contribution in [0.1, 0.15) is 25.3 Å². The number of rotatable bonds is 7. The zero-order valence-corrected chi connectivity index (χ0v) is 14.6. The van der Waals surface area contributed by atoms with Gasteiger partial charge in [0.05, 0.1) is 12.6 Å². The van der Waals surface area contributed by atoms with Gasteiger partial charge in [-0.1, -0.05) is 30.3 Å². The van der Waals surface area contributed by atoms with Gasteiger partial charge in [0.15, 0.2) is 0 Å². The lowest BCUT2D eigenvalue weighted by Crippen LogP contribution is -2.51. The molecule has 5 heteroatoms. The van der Waals surface area contributed by atoms with Gasteiger partial charge in [-0.3, -0.25) is 14.6 Å². The molecule has 0 bridgehead atoms. The largest absolute Gasteiger partial charge is 0.392 e. The summed E-state index contributed by atoms with van der Waals surface area (Å²) in [6.07, 6.45) is 2.04. The first kappa shape index (κ1) is 17.4. The monoisotopic (exact) mass is 331 g/mol. The first-order chi connectivity index (χ1) is 11.6. The fourth-order valence-electron chi connectivity index (χ4n) is 3.54. The number of nitrogens with zero attached hydrogens (tertiary/aromatic N) is 2. The number of aliphatic hydroxyl groups is 1. The van der Waals surface area contributed by atoms with Gasteiger partial charge in [0.25, 0.3) is 0 Å². The van der Waals surface area contributed by atoms with Gasteiger partial charge in [0.1, 0.15) is 0 Å². The van der Waals surface area contributed by atoms with E-state index < -0.39 is 0 Å². The normalized spacial score (nSPS) is 22.1. The van der Waals surface area contributed by atoms with Crippen molar-refractivity contribution in [2.75, 3.05) is 45.8 Å². The third-order valence-electron chi connectivity index (χ3n) is 5.22. The number of benzene rings is 1. The Labute approximate surface area is 144 Å². The van der Waals surface area contributed by atoms with Crippen molar-refractivity contribution in [2.24, 2.45) is 0 Å². The lowest BCUT2D eigenvalue weighted by molar-refractivity contribution is -0.122. The van der Waals surface area contributed by atoms with Crippen LogP contribution in [0.4, 0.5) is 0 Å². The molecule has 0 spiro atoms. The lowest BCUT2D eigenvalue weighted by atomic mass is 9.96. The quantitative estimate of drug-likeness (QED) is 0.777. The van der Waals surface area contributed by atoms with Crippen molar-refractivity contribution in [3.8, 4) is 0 Å². The van der Waals surface area contributed by atoms with Crippen LogP contribution in [0.25, 0.3) is 0 Å². The Morgan fingerprint density at radius 3 is 2.38 bits per heavy atom. The summed E-state index contributed by atoms with van der Waals surface area (Å²) < 4.78 is 0. The molecule has 24 heavy (non-hydrogen) atoms. The maximum atomic E-state index is 12.3. The van der Waals surface area contributed by atoms with Gasteiger partial charge in [-0.25, -0.2) is 0 Å². The van der Waals surface area contributed by atoms with Crippen molar-refractivity contribution in [1.29, 1.82) is 0 Å². The molecule has 2 N–H and O–H groups in total. The van der Waals surface area contributed by atoms with Crippen LogP contribution in [0.3, 0.4) is 0 Å². The topological polar surface area (TPSA) is 55.8 Å². The Morgan fingerprint density at radius 1 is 1.17 bits per heavy atom. The number of nitrogens with one attached hydrogen (secondary N) is 1. The SMILES string of the molecule is CC(O)CN1CCN(CC(=O)NCC2(c3ccccc3)CC2)CC1. The summed E-state index contributed by atoms with van der Waals surface area (Å²) in [6, 6.07) is 10.5. The molecular weight excluding hydrogens is 302 g/mol. The average Bonchev–Trinajstić information content (AvgIpc) is 3.37. The first-order valence-electron chi connectivity index (χ1n) is 9.02. The second-order valence-corrected chi connectivity index (χ2v) is 7.35. The molecule has 1 aromatic rings. The Balaban J connectivity index is 1.39. The van der Waals surface area contributed by atoms with Crippen LogP contribution in [0, 0.1) is 0 Å². The van der Waals surface area contributed by atoms with Crippen molar-refractivity contribution < 1.29 is 9.90 Å². The summed E-state index contributed by atoms with van der Waals surface area (Å²) in [5, 5.41) is 12.6. The zero-order valence-electron chi connectivity index (χ0n) is 14.6. The van der Waals surface area contributed by atoms with E-state index in [1.807, 2.05) is 13.0 Å². The second kappa shape index (κ2) is 7.64. The van der Waals surface area contributed by atoms with Crippen LogP contribution in [0.15, 0.2) is 30.3 Å². The highest BCUT2D eigenvalue weighted by Gasteiger charge is 2.44. The summed E-state index contributed by atoms with van der Waals surface area (Å²) in [5.74, 6) is 0.126. The molecule has 1 saturated heterocycles. The van der Waals surface area contributed by atoms with E-state index in [1.54, 1.807) is 0 Å².